The van der Waals surface area contributed by atoms with Crippen molar-refractivity contribution in [1.29, 1.82) is 0 Å². The summed E-state index contributed by atoms with van der Waals surface area (Å²) in [4.78, 5) is 0. The molecule has 0 fully saturated rings. The largest absolute Gasteiger partial charge is 0.525 e. The quantitative estimate of drug-likeness (QED) is 0.642. The molecule has 0 aliphatic heterocycles. The zero-order chi connectivity index (χ0) is 14.9. The molecule has 0 heterocycles. The third-order valence-electron chi connectivity index (χ3n) is 2.27. The molecule has 19 heavy (non-hydrogen) atoms. The standard InChI is InChI=1S/C10H11F6NO2/c1-6(17)7-3-2-4-8(5-7,18-9(11,12)13)19-10(14,15)16/h2-4,6H,5,17H2,1H3/t6-/m0/s1. The maximum atomic E-state index is 12.2. The molecule has 0 amide bonds. The van der Waals surface area contributed by atoms with Crippen LogP contribution in [0.15, 0.2) is 23.8 Å². The highest BCUT2D eigenvalue weighted by Gasteiger charge is 2.50. The van der Waals surface area contributed by atoms with E-state index in [4.69, 9.17) is 5.73 Å². The molecule has 1 atom stereocenters. The fraction of sp³-hybridized carbons (Fsp3) is 0.600. The second-order valence-corrected chi connectivity index (χ2v) is 3.97. The first-order valence-corrected chi connectivity index (χ1v) is 5.10. The lowest BCUT2D eigenvalue weighted by Crippen LogP contribution is -2.45. The van der Waals surface area contributed by atoms with Gasteiger partial charge < -0.3 is 5.73 Å². The fourth-order valence-corrected chi connectivity index (χ4v) is 1.59. The van der Waals surface area contributed by atoms with Crippen molar-refractivity contribution in [2.24, 2.45) is 5.73 Å². The number of hydrogen-bond donors (Lipinski definition) is 1. The summed E-state index contributed by atoms with van der Waals surface area (Å²) in [6.45, 7) is 1.43. The molecule has 110 valence electrons. The first-order chi connectivity index (χ1) is 8.43. The Morgan fingerprint density at radius 3 is 2.00 bits per heavy atom. The number of allylic oxidation sites excluding steroid dienone is 2. The normalized spacial score (nSPS) is 21.2. The van der Waals surface area contributed by atoms with Gasteiger partial charge in [-0.3, -0.25) is 9.47 Å². The van der Waals surface area contributed by atoms with Crippen molar-refractivity contribution in [3.8, 4) is 0 Å². The molecule has 0 aromatic carbocycles. The van der Waals surface area contributed by atoms with Crippen LogP contribution < -0.4 is 5.73 Å². The van der Waals surface area contributed by atoms with Gasteiger partial charge in [0.1, 0.15) is 0 Å². The van der Waals surface area contributed by atoms with Crippen molar-refractivity contribution in [1.82, 2.24) is 0 Å². The van der Waals surface area contributed by atoms with E-state index in [0.717, 1.165) is 6.08 Å². The Labute approximate surface area is 104 Å². The highest BCUT2D eigenvalue weighted by atomic mass is 19.4. The maximum Gasteiger partial charge on any atom is 0.525 e. The highest BCUT2D eigenvalue weighted by molar-refractivity contribution is 5.26. The third kappa shape index (κ3) is 5.21. The van der Waals surface area contributed by atoms with Gasteiger partial charge >= 0.3 is 12.7 Å². The van der Waals surface area contributed by atoms with E-state index in [0.29, 0.717) is 6.08 Å². The van der Waals surface area contributed by atoms with Crippen molar-refractivity contribution in [2.45, 2.75) is 37.9 Å². The van der Waals surface area contributed by atoms with Gasteiger partial charge in [0.15, 0.2) is 0 Å². The highest BCUT2D eigenvalue weighted by Crippen LogP contribution is 2.39. The molecule has 1 aliphatic rings. The first kappa shape index (κ1) is 16.0. The van der Waals surface area contributed by atoms with Crippen LogP contribution in [0, 0.1) is 0 Å². The smallest absolute Gasteiger partial charge is 0.324 e. The molecule has 0 unspecified atom stereocenters. The Bertz CT molecular complexity index is 366. The van der Waals surface area contributed by atoms with Crippen LogP contribution in [0.25, 0.3) is 0 Å². The van der Waals surface area contributed by atoms with E-state index in [1.807, 2.05) is 0 Å². The SMILES string of the molecule is C[C@H](N)C1=CC=CC(OC(F)(F)F)(OC(F)(F)F)C1. The molecule has 0 aromatic heterocycles. The Balaban J connectivity index is 3.02. The number of halogens is 6. The summed E-state index contributed by atoms with van der Waals surface area (Å²) in [5.41, 5.74) is 5.59. The van der Waals surface area contributed by atoms with E-state index in [2.05, 4.69) is 9.47 Å². The molecule has 0 aromatic rings. The van der Waals surface area contributed by atoms with Gasteiger partial charge in [-0.1, -0.05) is 12.2 Å². The van der Waals surface area contributed by atoms with Gasteiger partial charge in [0.05, 0.1) is 0 Å². The number of hydrogen-bond acceptors (Lipinski definition) is 3. The third-order valence-corrected chi connectivity index (χ3v) is 2.27. The van der Waals surface area contributed by atoms with E-state index in [9.17, 15) is 26.3 Å². The van der Waals surface area contributed by atoms with E-state index in [1.165, 1.54) is 13.0 Å². The minimum absolute atomic E-state index is 0.149. The predicted molar refractivity (Wildman–Crippen MR) is 52.5 cm³/mol. The molecule has 0 saturated carbocycles. The fourth-order valence-electron chi connectivity index (χ4n) is 1.59. The van der Waals surface area contributed by atoms with Crippen molar-refractivity contribution in [3.05, 3.63) is 23.8 Å². The zero-order valence-corrected chi connectivity index (χ0v) is 9.68. The van der Waals surface area contributed by atoms with E-state index in [-0.39, 0.29) is 5.57 Å². The van der Waals surface area contributed by atoms with Crippen molar-refractivity contribution >= 4 is 0 Å². The monoisotopic (exact) mass is 291 g/mol. The molecule has 0 radical (unpaired) electrons. The minimum Gasteiger partial charge on any atom is -0.324 e. The molecular weight excluding hydrogens is 280 g/mol. The molecule has 1 rings (SSSR count). The average Bonchev–Trinajstić information content (AvgIpc) is 2.10. The Kier molecular flexibility index (Phi) is 4.33. The van der Waals surface area contributed by atoms with Gasteiger partial charge in [0, 0.05) is 12.5 Å². The molecule has 1 aliphatic carbocycles. The topological polar surface area (TPSA) is 44.5 Å². The van der Waals surface area contributed by atoms with Crippen LogP contribution in [-0.4, -0.2) is 24.6 Å². The van der Waals surface area contributed by atoms with Gasteiger partial charge in [-0.25, -0.2) is 0 Å². The van der Waals surface area contributed by atoms with Crippen LogP contribution >= 0.6 is 0 Å². The van der Waals surface area contributed by atoms with Crippen LogP contribution in [0.5, 0.6) is 0 Å². The summed E-state index contributed by atoms with van der Waals surface area (Å²) in [5, 5.41) is 0. The van der Waals surface area contributed by atoms with E-state index >= 15 is 0 Å². The molecule has 9 heteroatoms. The van der Waals surface area contributed by atoms with Crippen LogP contribution in [0.3, 0.4) is 0 Å². The Hall–Kier alpha value is -1.06. The summed E-state index contributed by atoms with van der Waals surface area (Å²) in [5.74, 6) is -2.98. The molecule has 0 saturated heterocycles. The molecule has 0 spiro atoms. The Morgan fingerprint density at radius 1 is 1.16 bits per heavy atom. The number of alkyl halides is 6. The second kappa shape index (κ2) is 5.14. The second-order valence-electron chi connectivity index (χ2n) is 3.97. The summed E-state index contributed by atoms with van der Waals surface area (Å²) in [6.07, 6.45) is -8.46. The van der Waals surface area contributed by atoms with Crippen molar-refractivity contribution < 1.29 is 35.8 Å². The molecule has 3 nitrogen and oxygen atoms in total. The molecular formula is C10H11F6NO2. The van der Waals surface area contributed by atoms with Gasteiger partial charge in [-0.15, -0.1) is 26.3 Å². The van der Waals surface area contributed by atoms with Gasteiger partial charge in [0.25, 0.3) is 0 Å². The van der Waals surface area contributed by atoms with Gasteiger partial charge in [0.2, 0.25) is 5.79 Å². The summed E-state index contributed by atoms with van der Waals surface area (Å²) >= 11 is 0. The lowest BCUT2D eigenvalue weighted by Gasteiger charge is -2.35. The maximum absolute atomic E-state index is 12.2. The molecule has 2 N–H and O–H groups in total. The van der Waals surface area contributed by atoms with E-state index < -0.39 is 31.0 Å². The zero-order valence-electron chi connectivity index (χ0n) is 9.68. The number of rotatable bonds is 3. The number of nitrogens with two attached hydrogens (primary N) is 1. The Morgan fingerprint density at radius 2 is 1.63 bits per heavy atom. The van der Waals surface area contributed by atoms with Crippen LogP contribution in [0.2, 0.25) is 0 Å². The summed E-state index contributed by atoms with van der Waals surface area (Å²) in [7, 11) is 0. The van der Waals surface area contributed by atoms with Crippen molar-refractivity contribution in [2.75, 3.05) is 0 Å². The first-order valence-electron chi connectivity index (χ1n) is 5.10. The molecule has 0 bridgehead atoms. The van der Waals surface area contributed by atoms with Crippen molar-refractivity contribution in [3.63, 3.8) is 0 Å². The van der Waals surface area contributed by atoms with Gasteiger partial charge in [-0.05, 0) is 18.6 Å². The van der Waals surface area contributed by atoms with Crippen LogP contribution in [0.1, 0.15) is 13.3 Å². The summed E-state index contributed by atoms with van der Waals surface area (Å²) < 4.78 is 80.4. The average molecular weight is 291 g/mol. The van der Waals surface area contributed by atoms with Crippen LogP contribution in [-0.2, 0) is 9.47 Å². The van der Waals surface area contributed by atoms with E-state index in [1.54, 1.807) is 0 Å². The lowest BCUT2D eigenvalue weighted by atomic mass is 9.95. The summed E-state index contributed by atoms with van der Waals surface area (Å²) in [6, 6.07) is -0.724. The van der Waals surface area contributed by atoms with Crippen LogP contribution in [0.4, 0.5) is 26.3 Å². The number of ether oxygens (including phenoxy) is 2. The lowest BCUT2D eigenvalue weighted by molar-refractivity contribution is -0.465. The predicted octanol–water partition coefficient (Wildman–Crippen LogP) is 2.99. The minimum atomic E-state index is -5.28. The van der Waals surface area contributed by atoms with Gasteiger partial charge in [-0.2, -0.15) is 0 Å².